The van der Waals surface area contributed by atoms with E-state index in [1.54, 1.807) is 6.92 Å². The molecule has 1 aromatic carbocycles. The molecule has 22 heavy (non-hydrogen) atoms. The fraction of sp³-hybridized carbons (Fsp3) is 0.214. The van der Waals surface area contributed by atoms with Gasteiger partial charge in [-0.3, -0.25) is 4.79 Å². The van der Waals surface area contributed by atoms with E-state index in [1.807, 2.05) is 0 Å². The number of nitrogens with zero attached hydrogens (tertiary/aromatic N) is 2. The van der Waals surface area contributed by atoms with Crippen LogP contribution in [0.3, 0.4) is 0 Å². The van der Waals surface area contributed by atoms with Gasteiger partial charge in [0.25, 0.3) is 5.91 Å². The van der Waals surface area contributed by atoms with Gasteiger partial charge in [-0.25, -0.2) is 9.97 Å². The van der Waals surface area contributed by atoms with Crippen LogP contribution in [0.2, 0.25) is 0 Å². The van der Waals surface area contributed by atoms with Gasteiger partial charge in [-0.15, -0.1) is 0 Å². The number of nitrogens with one attached hydrogen (secondary N) is 1. The van der Waals surface area contributed by atoms with Gasteiger partial charge in [0, 0.05) is 0 Å². The minimum atomic E-state index is -4.61. The zero-order valence-corrected chi connectivity index (χ0v) is 11.5. The summed E-state index contributed by atoms with van der Waals surface area (Å²) in [6.07, 6.45) is -2.10. The zero-order chi connectivity index (χ0) is 16.2. The molecule has 0 unspecified atom stereocenters. The maximum atomic E-state index is 12.9. The van der Waals surface area contributed by atoms with Crippen molar-refractivity contribution in [2.75, 3.05) is 11.9 Å². The molecule has 1 amide bonds. The molecule has 0 radical (unpaired) electrons. The maximum Gasteiger partial charge on any atom is 0.417 e. The van der Waals surface area contributed by atoms with Gasteiger partial charge in [-0.2, -0.15) is 13.2 Å². The first-order valence-corrected chi connectivity index (χ1v) is 6.34. The summed E-state index contributed by atoms with van der Waals surface area (Å²) in [6.45, 7) is 2.14. The Morgan fingerprint density at radius 2 is 1.86 bits per heavy atom. The van der Waals surface area contributed by atoms with Crippen LogP contribution in [0, 0.1) is 0 Å². The molecule has 5 nitrogen and oxygen atoms in total. The molecule has 8 heteroatoms. The fourth-order valence-electron chi connectivity index (χ4n) is 1.71. The zero-order valence-electron chi connectivity index (χ0n) is 11.5. The van der Waals surface area contributed by atoms with Crippen molar-refractivity contribution in [2.24, 2.45) is 0 Å². The van der Waals surface area contributed by atoms with Crippen LogP contribution in [0.1, 0.15) is 22.8 Å². The van der Waals surface area contributed by atoms with Crippen LogP contribution in [0.4, 0.5) is 18.9 Å². The van der Waals surface area contributed by atoms with Gasteiger partial charge in [0.1, 0.15) is 0 Å². The van der Waals surface area contributed by atoms with E-state index in [0.29, 0.717) is 6.61 Å². The first-order valence-electron chi connectivity index (χ1n) is 6.34. The van der Waals surface area contributed by atoms with Crippen LogP contribution in [0.15, 0.2) is 36.7 Å². The van der Waals surface area contributed by atoms with E-state index in [1.165, 1.54) is 24.5 Å². The van der Waals surface area contributed by atoms with Crippen LogP contribution in [-0.4, -0.2) is 22.5 Å². The summed E-state index contributed by atoms with van der Waals surface area (Å²) in [5.41, 5.74) is -1.30. The summed E-state index contributed by atoms with van der Waals surface area (Å²) in [5, 5.41) is 2.32. The SMILES string of the molecule is CCOc1ncc(NC(=O)c2ccccc2C(F)(F)F)cn1. The molecule has 0 bridgehead atoms. The predicted octanol–water partition coefficient (Wildman–Crippen LogP) is 3.15. The number of benzene rings is 1. The Labute approximate surface area is 124 Å². The second-order valence-electron chi connectivity index (χ2n) is 4.18. The lowest BCUT2D eigenvalue weighted by atomic mass is 10.1. The monoisotopic (exact) mass is 311 g/mol. The average molecular weight is 311 g/mol. The number of carbonyl (C=O) groups is 1. The highest BCUT2D eigenvalue weighted by Gasteiger charge is 2.34. The molecule has 1 N–H and O–H groups in total. The van der Waals surface area contributed by atoms with Crippen LogP contribution in [0.25, 0.3) is 0 Å². The third kappa shape index (κ3) is 3.72. The summed E-state index contributed by atoms with van der Waals surface area (Å²) in [4.78, 5) is 19.6. The fourth-order valence-corrected chi connectivity index (χ4v) is 1.71. The van der Waals surface area contributed by atoms with E-state index < -0.39 is 23.2 Å². The number of anilines is 1. The minimum absolute atomic E-state index is 0.121. The number of halogens is 3. The summed E-state index contributed by atoms with van der Waals surface area (Å²) < 4.78 is 43.6. The van der Waals surface area contributed by atoms with Crippen molar-refractivity contribution in [3.8, 4) is 6.01 Å². The van der Waals surface area contributed by atoms with Crippen molar-refractivity contribution in [1.29, 1.82) is 0 Å². The van der Waals surface area contributed by atoms with E-state index in [-0.39, 0.29) is 11.7 Å². The lowest BCUT2D eigenvalue weighted by Gasteiger charge is -2.12. The van der Waals surface area contributed by atoms with Crippen molar-refractivity contribution in [3.05, 3.63) is 47.8 Å². The second kappa shape index (κ2) is 6.42. The Hall–Kier alpha value is -2.64. The van der Waals surface area contributed by atoms with E-state index >= 15 is 0 Å². The number of amides is 1. The molecule has 1 heterocycles. The normalized spacial score (nSPS) is 11.1. The quantitative estimate of drug-likeness (QED) is 0.942. The molecule has 0 aliphatic carbocycles. The van der Waals surface area contributed by atoms with Crippen molar-refractivity contribution in [3.63, 3.8) is 0 Å². The third-order valence-electron chi connectivity index (χ3n) is 2.64. The lowest BCUT2D eigenvalue weighted by Crippen LogP contribution is -2.18. The van der Waals surface area contributed by atoms with E-state index in [9.17, 15) is 18.0 Å². The number of carbonyl (C=O) groups excluding carboxylic acids is 1. The standard InChI is InChI=1S/C14H12F3N3O2/c1-2-22-13-18-7-9(8-19-13)20-12(21)10-5-3-4-6-11(10)14(15,16)17/h3-8H,2H2,1H3,(H,20,21). The largest absolute Gasteiger partial charge is 0.464 e. The smallest absolute Gasteiger partial charge is 0.417 e. The number of hydrogen-bond acceptors (Lipinski definition) is 4. The molecular weight excluding hydrogens is 299 g/mol. The Balaban J connectivity index is 2.19. The minimum Gasteiger partial charge on any atom is -0.464 e. The van der Waals surface area contributed by atoms with Gasteiger partial charge >= 0.3 is 12.2 Å². The molecule has 0 fully saturated rings. The lowest BCUT2D eigenvalue weighted by molar-refractivity contribution is -0.137. The number of aromatic nitrogens is 2. The van der Waals surface area contributed by atoms with Crippen molar-refractivity contribution in [2.45, 2.75) is 13.1 Å². The van der Waals surface area contributed by atoms with E-state index in [4.69, 9.17) is 4.74 Å². The summed E-state index contributed by atoms with van der Waals surface area (Å²) >= 11 is 0. The average Bonchev–Trinajstić information content (AvgIpc) is 2.48. The van der Waals surface area contributed by atoms with Crippen molar-refractivity contribution >= 4 is 11.6 Å². The molecule has 0 aliphatic rings. The number of hydrogen-bond donors (Lipinski definition) is 1. The topological polar surface area (TPSA) is 64.1 Å². The van der Waals surface area contributed by atoms with Crippen LogP contribution >= 0.6 is 0 Å². The van der Waals surface area contributed by atoms with Gasteiger partial charge in [0.2, 0.25) is 0 Å². The van der Waals surface area contributed by atoms with E-state index in [2.05, 4.69) is 15.3 Å². The summed E-state index contributed by atoms with van der Waals surface area (Å²) in [5.74, 6) is -0.888. The van der Waals surface area contributed by atoms with Crippen molar-refractivity contribution in [1.82, 2.24) is 9.97 Å². The third-order valence-corrected chi connectivity index (χ3v) is 2.64. The van der Waals surface area contributed by atoms with E-state index in [0.717, 1.165) is 12.1 Å². The van der Waals surface area contributed by atoms with Crippen LogP contribution in [0.5, 0.6) is 6.01 Å². The Morgan fingerprint density at radius 3 is 2.45 bits per heavy atom. The summed E-state index contributed by atoms with van der Waals surface area (Å²) in [7, 11) is 0. The molecular formula is C14H12F3N3O2. The molecule has 116 valence electrons. The Bertz CT molecular complexity index is 657. The highest BCUT2D eigenvalue weighted by atomic mass is 19.4. The van der Waals surface area contributed by atoms with Gasteiger partial charge in [-0.1, -0.05) is 12.1 Å². The van der Waals surface area contributed by atoms with Crippen LogP contribution in [-0.2, 0) is 6.18 Å². The number of rotatable bonds is 4. The Kier molecular flexibility index (Phi) is 4.59. The number of ether oxygens (including phenoxy) is 1. The molecule has 0 saturated carbocycles. The Morgan fingerprint density at radius 1 is 1.23 bits per heavy atom. The number of alkyl halides is 3. The van der Waals surface area contributed by atoms with Gasteiger partial charge < -0.3 is 10.1 Å². The highest BCUT2D eigenvalue weighted by Crippen LogP contribution is 2.32. The highest BCUT2D eigenvalue weighted by molar-refractivity contribution is 6.05. The van der Waals surface area contributed by atoms with Gasteiger partial charge in [-0.05, 0) is 19.1 Å². The van der Waals surface area contributed by atoms with Crippen molar-refractivity contribution < 1.29 is 22.7 Å². The summed E-state index contributed by atoms with van der Waals surface area (Å²) in [6, 6.07) is 4.66. The molecule has 1 aromatic heterocycles. The van der Waals surface area contributed by atoms with Gasteiger partial charge in [0.15, 0.2) is 0 Å². The second-order valence-corrected chi connectivity index (χ2v) is 4.18. The maximum absolute atomic E-state index is 12.9. The molecule has 0 aliphatic heterocycles. The first-order chi connectivity index (χ1) is 10.4. The first kappa shape index (κ1) is 15.7. The molecule has 0 spiro atoms. The van der Waals surface area contributed by atoms with Crippen LogP contribution < -0.4 is 10.1 Å². The van der Waals surface area contributed by atoms with Gasteiger partial charge in [0.05, 0.1) is 35.8 Å². The molecule has 0 atom stereocenters. The predicted molar refractivity (Wildman–Crippen MR) is 72.6 cm³/mol. The molecule has 2 rings (SSSR count). The molecule has 2 aromatic rings. The molecule has 0 saturated heterocycles.